The quantitative estimate of drug-likeness (QED) is 0.858. The number of hydrogen-bond donors (Lipinski definition) is 1. The highest BCUT2D eigenvalue weighted by Crippen LogP contribution is 2.31. The van der Waals surface area contributed by atoms with Gasteiger partial charge in [-0.25, -0.2) is 0 Å². The molecule has 0 radical (unpaired) electrons. The molecule has 6 heteroatoms. The summed E-state index contributed by atoms with van der Waals surface area (Å²) in [6.07, 6.45) is 0.908. The Morgan fingerprint density at radius 2 is 2.22 bits per heavy atom. The minimum absolute atomic E-state index is 0.498. The van der Waals surface area contributed by atoms with Gasteiger partial charge in [-0.3, -0.25) is 4.68 Å². The standard InChI is InChI=1S/C12H12BrClN2OS/c1-16-12(9(14)6-15-16)10(17)7-18-11-5-3-2-4-8(11)13/h2-6,10,17H,7H2,1H3. The smallest absolute Gasteiger partial charge is 0.106 e. The first-order valence-electron chi connectivity index (χ1n) is 5.32. The fraction of sp³-hybridized carbons (Fsp3) is 0.250. The highest BCUT2D eigenvalue weighted by Gasteiger charge is 2.17. The first kappa shape index (κ1) is 13.9. The fourth-order valence-electron chi connectivity index (χ4n) is 1.60. The number of aliphatic hydroxyl groups excluding tert-OH is 1. The number of nitrogens with zero attached hydrogens (tertiary/aromatic N) is 2. The molecule has 2 aromatic rings. The van der Waals surface area contributed by atoms with Gasteiger partial charge >= 0.3 is 0 Å². The van der Waals surface area contributed by atoms with Gasteiger partial charge in [0.05, 0.1) is 16.9 Å². The van der Waals surface area contributed by atoms with Crippen molar-refractivity contribution < 1.29 is 5.11 Å². The maximum Gasteiger partial charge on any atom is 0.106 e. The van der Waals surface area contributed by atoms with Crippen molar-refractivity contribution in [3.05, 3.63) is 45.7 Å². The van der Waals surface area contributed by atoms with Crippen molar-refractivity contribution in [2.45, 2.75) is 11.0 Å². The molecule has 1 aromatic carbocycles. The Hall–Kier alpha value is -0.490. The van der Waals surface area contributed by atoms with Crippen LogP contribution in [0.2, 0.25) is 5.02 Å². The van der Waals surface area contributed by atoms with Gasteiger partial charge in [-0.05, 0) is 28.1 Å². The molecule has 1 atom stereocenters. The molecule has 18 heavy (non-hydrogen) atoms. The van der Waals surface area contributed by atoms with Crippen LogP contribution in [0.4, 0.5) is 0 Å². The molecule has 0 amide bonds. The number of aryl methyl sites for hydroxylation is 1. The van der Waals surface area contributed by atoms with E-state index in [1.807, 2.05) is 24.3 Å². The second-order valence-corrected chi connectivity index (χ2v) is 6.08. The van der Waals surface area contributed by atoms with Gasteiger partial charge in [-0.2, -0.15) is 5.10 Å². The van der Waals surface area contributed by atoms with E-state index in [0.717, 1.165) is 9.37 Å². The van der Waals surface area contributed by atoms with Crippen LogP contribution in [0.25, 0.3) is 0 Å². The molecule has 0 aliphatic rings. The van der Waals surface area contributed by atoms with Crippen molar-refractivity contribution in [3.63, 3.8) is 0 Å². The fourth-order valence-corrected chi connectivity index (χ4v) is 3.40. The Labute approximate surface area is 123 Å². The predicted octanol–water partition coefficient (Wildman–Crippen LogP) is 3.66. The predicted molar refractivity (Wildman–Crippen MR) is 78.0 cm³/mol. The van der Waals surface area contributed by atoms with E-state index in [4.69, 9.17) is 11.6 Å². The van der Waals surface area contributed by atoms with Crippen LogP contribution < -0.4 is 0 Å². The zero-order chi connectivity index (χ0) is 13.1. The minimum atomic E-state index is -0.637. The third-order valence-corrected chi connectivity index (χ3v) is 4.88. The topological polar surface area (TPSA) is 38.0 Å². The Kier molecular flexibility index (Phi) is 4.72. The van der Waals surface area contributed by atoms with Crippen LogP contribution in [-0.4, -0.2) is 20.6 Å². The van der Waals surface area contributed by atoms with E-state index in [0.29, 0.717) is 16.5 Å². The Bertz CT molecular complexity index is 527. The van der Waals surface area contributed by atoms with Crippen LogP contribution in [0.3, 0.4) is 0 Å². The number of halogens is 2. The monoisotopic (exact) mass is 346 g/mol. The minimum Gasteiger partial charge on any atom is -0.386 e. The first-order chi connectivity index (χ1) is 8.59. The maximum absolute atomic E-state index is 10.1. The van der Waals surface area contributed by atoms with Crippen molar-refractivity contribution in [1.82, 2.24) is 9.78 Å². The van der Waals surface area contributed by atoms with Gasteiger partial charge in [-0.15, -0.1) is 11.8 Å². The van der Waals surface area contributed by atoms with Gasteiger partial charge in [0.25, 0.3) is 0 Å². The van der Waals surface area contributed by atoms with E-state index >= 15 is 0 Å². The molecule has 1 unspecified atom stereocenters. The van der Waals surface area contributed by atoms with E-state index in [9.17, 15) is 5.11 Å². The van der Waals surface area contributed by atoms with E-state index in [-0.39, 0.29) is 0 Å². The van der Waals surface area contributed by atoms with Crippen molar-refractivity contribution >= 4 is 39.3 Å². The Balaban J connectivity index is 2.05. The van der Waals surface area contributed by atoms with E-state index in [2.05, 4.69) is 21.0 Å². The molecule has 1 heterocycles. The molecule has 0 saturated heterocycles. The average Bonchev–Trinajstić information content (AvgIpc) is 2.68. The van der Waals surface area contributed by atoms with E-state index < -0.39 is 6.10 Å². The number of hydrogen-bond acceptors (Lipinski definition) is 3. The van der Waals surface area contributed by atoms with Crippen LogP contribution in [0.15, 0.2) is 39.8 Å². The van der Waals surface area contributed by atoms with Gasteiger partial charge in [0.2, 0.25) is 0 Å². The molecule has 0 bridgehead atoms. The van der Waals surface area contributed by atoms with Crippen LogP contribution in [0.1, 0.15) is 11.8 Å². The summed E-state index contributed by atoms with van der Waals surface area (Å²) in [4.78, 5) is 1.09. The molecular weight excluding hydrogens is 336 g/mol. The van der Waals surface area contributed by atoms with E-state index in [1.165, 1.54) is 0 Å². The number of aromatic nitrogens is 2. The van der Waals surface area contributed by atoms with Crippen LogP contribution in [0.5, 0.6) is 0 Å². The van der Waals surface area contributed by atoms with Crippen molar-refractivity contribution in [2.24, 2.45) is 7.05 Å². The normalized spacial score (nSPS) is 12.7. The summed E-state index contributed by atoms with van der Waals surface area (Å²) in [5, 5.41) is 14.7. The maximum atomic E-state index is 10.1. The second-order valence-electron chi connectivity index (χ2n) is 3.76. The summed E-state index contributed by atoms with van der Waals surface area (Å²) in [6.45, 7) is 0. The molecule has 1 N–H and O–H groups in total. The Morgan fingerprint density at radius 1 is 1.50 bits per heavy atom. The molecule has 0 aliphatic carbocycles. The van der Waals surface area contributed by atoms with Gasteiger partial charge in [0, 0.05) is 22.2 Å². The molecular formula is C12H12BrClN2OS. The SMILES string of the molecule is Cn1ncc(Cl)c1C(O)CSc1ccccc1Br. The largest absolute Gasteiger partial charge is 0.386 e. The van der Waals surface area contributed by atoms with Crippen LogP contribution >= 0.6 is 39.3 Å². The summed E-state index contributed by atoms with van der Waals surface area (Å²) in [6, 6.07) is 7.91. The van der Waals surface area contributed by atoms with Crippen LogP contribution in [-0.2, 0) is 7.05 Å². The lowest BCUT2D eigenvalue weighted by Gasteiger charge is -2.12. The third-order valence-electron chi connectivity index (χ3n) is 2.49. The summed E-state index contributed by atoms with van der Waals surface area (Å²) in [5.74, 6) is 0.530. The molecule has 0 spiro atoms. The van der Waals surface area contributed by atoms with Crippen LogP contribution in [0, 0.1) is 0 Å². The highest BCUT2D eigenvalue weighted by atomic mass is 79.9. The van der Waals surface area contributed by atoms with E-state index in [1.54, 1.807) is 29.7 Å². The molecule has 1 aromatic heterocycles. The average molecular weight is 348 g/mol. The molecule has 0 aliphatic heterocycles. The molecule has 2 rings (SSSR count). The van der Waals surface area contributed by atoms with Gasteiger partial charge in [-0.1, -0.05) is 23.7 Å². The van der Waals surface area contributed by atoms with Crippen molar-refractivity contribution in [3.8, 4) is 0 Å². The summed E-state index contributed by atoms with van der Waals surface area (Å²) >= 11 is 11.0. The summed E-state index contributed by atoms with van der Waals surface area (Å²) < 4.78 is 2.63. The number of benzene rings is 1. The van der Waals surface area contributed by atoms with Crippen molar-refractivity contribution in [2.75, 3.05) is 5.75 Å². The third kappa shape index (κ3) is 3.09. The number of thioether (sulfide) groups is 1. The lowest BCUT2D eigenvalue weighted by atomic mass is 10.3. The second kappa shape index (κ2) is 6.10. The van der Waals surface area contributed by atoms with Gasteiger partial charge in [0.15, 0.2) is 0 Å². The lowest BCUT2D eigenvalue weighted by molar-refractivity contribution is 0.194. The molecule has 3 nitrogen and oxygen atoms in total. The lowest BCUT2D eigenvalue weighted by Crippen LogP contribution is -2.08. The van der Waals surface area contributed by atoms with Crippen molar-refractivity contribution in [1.29, 1.82) is 0 Å². The zero-order valence-corrected chi connectivity index (χ0v) is 12.8. The van der Waals surface area contributed by atoms with Gasteiger partial charge < -0.3 is 5.11 Å². The Morgan fingerprint density at radius 3 is 2.83 bits per heavy atom. The first-order valence-corrected chi connectivity index (χ1v) is 7.48. The zero-order valence-electron chi connectivity index (χ0n) is 9.68. The summed E-state index contributed by atoms with van der Waals surface area (Å²) in [5.41, 5.74) is 0.649. The molecule has 0 saturated carbocycles. The number of rotatable bonds is 4. The van der Waals surface area contributed by atoms with Gasteiger partial charge in [0.1, 0.15) is 6.10 Å². The molecule has 96 valence electrons. The number of aliphatic hydroxyl groups is 1. The summed E-state index contributed by atoms with van der Waals surface area (Å²) in [7, 11) is 1.77. The molecule has 0 fully saturated rings. The highest BCUT2D eigenvalue weighted by molar-refractivity contribution is 9.10.